The second-order valence-corrected chi connectivity index (χ2v) is 15.5. The molecule has 10 heteroatoms. The Hall–Kier alpha value is -2.91. The highest BCUT2D eigenvalue weighted by molar-refractivity contribution is 6.31. The van der Waals surface area contributed by atoms with Gasteiger partial charge < -0.3 is 19.3 Å². The van der Waals surface area contributed by atoms with Crippen molar-refractivity contribution in [3.63, 3.8) is 0 Å². The Bertz CT molecular complexity index is 1510. The number of hydrogen-bond acceptors (Lipinski definition) is 5. The number of imidazole rings is 1. The van der Waals surface area contributed by atoms with Crippen molar-refractivity contribution in [2.24, 2.45) is 11.8 Å². The minimum atomic E-state index is -0.0778. The Kier molecular flexibility index (Phi) is 9.89. The fourth-order valence-electron chi connectivity index (χ4n) is 9.12. The third kappa shape index (κ3) is 6.78. The van der Waals surface area contributed by atoms with Gasteiger partial charge in [0.25, 0.3) is 0 Å². The standard InChI is InChI=1S/C38H53ClN6O3/c1-4-6-36(46)41-18-13-28(14-19-41)38(48)44(31-10-7-25(2)33(39)23-31)17-5-16-43-29-11-12-30(43)22-32(21-29)45-26(3)40-34-24-42(20-15-35(34)45)37(47)27-8-9-27/h7,10,23,27-30,32H,4-6,8-9,11-22,24H2,1-3H3/t29-,30+,32?. The van der Waals surface area contributed by atoms with Crippen LogP contribution in [0.4, 0.5) is 5.69 Å². The van der Waals surface area contributed by atoms with E-state index in [0.717, 1.165) is 80.8 Å². The molecule has 4 aliphatic heterocycles. The van der Waals surface area contributed by atoms with Gasteiger partial charge in [-0.2, -0.15) is 0 Å². The highest BCUT2D eigenvalue weighted by Crippen LogP contribution is 2.43. The van der Waals surface area contributed by atoms with Crippen LogP contribution in [-0.4, -0.2) is 86.8 Å². The molecule has 48 heavy (non-hydrogen) atoms. The van der Waals surface area contributed by atoms with E-state index in [2.05, 4.69) is 16.4 Å². The number of amides is 3. The Labute approximate surface area is 291 Å². The van der Waals surface area contributed by atoms with E-state index < -0.39 is 0 Å². The molecule has 5 heterocycles. The lowest BCUT2D eigenvalue weighted by atomic mass is 9.94. The van der Waals surface area contributed by atoms with Crippen molar-refractivity contribution < 1.29 is 14.4 Å². The first-order valence-corrected chi connectivity index (χ1v) is 19.1. The van der Waals surface area contributed by atoms with E-state index in [4.69, 9.17) is 16.6 Å². The zero-order valence-electron chi connectivity index (χ0n) is 29.1. The summed E-state index contributed by atoms with van der Waals surface area (Å²) in [4.78, 5) is 53.0. The van der Waals surface area contributed by atoms with Gasteiger partial charge in [-0.15, -0.1) is 0 Å². The van der Waals surface area contributed by atoms with Gasteiger partial charge in [-0.05, 0) is 95.8 Å². The van der Waals surface area contributed by atoms with Crippen LogP contribution in [0.5, 0.6) is 0 Å². The second-order valence-electron chi connectivity index (χ2n) is 15.1. The van der Waals surface area contributed by atoms with Crippen LogP contribution in [0.1, 0.15) is 106 Å². The molecule has 4 fully saturated rings. The number of halogens is 1. The highest BCUT2D eigenvalue weighted by atomic mass is 35.5. The summed E-state index contributed by atoms with van der Waals surface area (Å²) >= 11 is 6.57. The fourth-order valence-corrected chi connectivity index (χ4v) is 9.29. The van der Waals surface area contributed by atoms with E-state index in [9.17, 15) is 14.4 Å². The van der Waals surface area contributed by atoms with Crippen molar-refractivity contribution in [3.05, 3.63) is 46.0 Å². The predicted molar refractivity (Wildman–Crippen MR) is 188 cm³/mol. The summed E-state index contributed by atoms with van der Waals surface area (Å²) in [6, 6.07) is 7.54. The number of piperidine rings is 2. The number of carbonyl (C=O) groups is 3. The molecule has 1 unspecified atom stereocenters. The second kappa shape index (κ2) is 14.1. The topological polar surface area (TPSA) is 82.0 Å². The molecule has 260 valence electrons. The lowest BCUT2D eigenvalue weighted by Crippen LogP contribution is -2.47. The van der Waals surface area contributed by atoms with Gasteiger partial charge in [-0.3, -0.25) is 19.3 Å². The van der Waals surface area contributed by atoms with Gasteiger partial charge in [0.05, 0.1) is 12.2 Å². The third-order valence-electron chi connectivity index (χ3n) is 11.9. The van der Waals surface area contributed by atoms with Crippen molar-refractivity contribution in [2.45, 2.75) is 122 Å². The van der Waals surface area contributed by atoms with Crippen LogP contribution in [0.3, 0.4) is 0 Å². The van der Waals surface area contributed by atoms with E-state index >= 15 is 0 Å². The molecular weight excluding hydrogens is 624 g/mol. The molecule has 0 radical (unpaired) electrons. The first-order valence-electron chi connectivity index (χ1n) is 18.7. The molecule has 2 aromatic rings. The maximum Gasteiger partial charge on any atom is 0.230 e. The van der Waals surface area contributed by atoms with E-state index in [-0.39, 0.29) is 23.7 Å². The van der Waals surface area contributed by atoms with Gasteiger partial charge in [0.15, 0.2) is 0 Å². The number of likely N-dealkylation sites (tertiary alicyclic amines) is 1. The van der Waals surface area contributed by atoms with Crippen molar-refractivity contribution in [1.82, 2.24) is 24.3 Å². The molecule has 7 rings (SSSR count). The lowest BCUT2D eigenvalue weighted by molar-refractivity contribution is -0.135. The van der Waals surface area contributed by atoms with Crippen LogP contribution in [-0.2, 0) is 27.3 Å². The molecule has 2 bridgehead atoms. The maximum atomic E-state index is 14.1. The average Bonchev–Trinajstić information content (AvgIpc) is 3.84. The molecule has 3 amide bonds. The molecule has 3 atom stereocenters. The van der Waals surface area contributed by atoms with Gasteiger partial charge in [0, 0.05) is 91.9 Å². The average molecular weight is 677 g/mol. The van der Waals surface area contributed by atoms with Crippen LogP contribution in [0.25, 0.3) is 0 Å². The summed E-state index contributed by atoms with van der Waals surface area (Å²) in [7, 11) is 0. The molecule has 9 nitrogen and oxygen atoms in total. The van der Waals surface area contributed by atoms with Crippen LogP contribution < -0.4 is 4.90 Å². The number of anilines is 1. The first kappa shape index (κ1) is 33.6. The van der Waals surface area contributed by atoms with Crippen LogP contribution in [0.2, 0.25) is 5.02 Å². The highest BCUT2D eigenvalue weighted by Gasteiger charge is 2.43. The number of fused-ring (bicyclic) bond motifs is 3. The van der Waals surface area contributed by atoms with Gasteiger partial charge in [0.1, 0.15) is 5.82 Å². The number of aromatic nitrogens is 2. The van der Waals surface area contributed by atoms with Crippen molar-refractivity contribution in [2.75, 3.05) is 37.6 Å². The molecule has 3 saturated heterocycles. The quantitative estimate of drug-likeness (QED) is 0.305. The Morgan fingerprint density at radius 3 is 2.31 bits per heavy atom. The zero-order valence-corrected chi connectivity index (χ0v) is 29.9. The van der Waals surface area contributed by atoms with Gasteiger partial charge >= 0.3 is 0 Å². The van der Waals surface area contributed by atoms with Crippen LogP contribution >= 0.6 is 11.6 Å². The van der Waals surface area contributed by atoms with Crippen molar-refractivity contribution in [1.29, 1.82) is 0 Å². The van der Waals surface area contributed by atoms with E-state index in [1.54, 1.807) is 0 Å². The van der Waals surface area contributed by atoms with E-state index in [0.29, 0.717) is 74.5 Å². The Morgan fingerprint density at radius 1 is 0.917 bits per heavy atom. The summed E-state index contributed by atoms with van der Waals surface area (Å²) in [6.07, 6.45) is 11.5. The normalized spacial score (nSPS) is 24.5. The molecule has 1 aromatic carbocycles. The summed E-state index contributed by atoms with van der Waals surface area (Å²) in [6.45, 7) is 10.6. The minimum Gasteiger partial charge on any atom is -0.343 e. The smallest absolute Gasteiger partial charge is 0.230 e. The number of nitrogens with zero attached hydrogens (tertiary/aromatic N) is 6. The molecule has 1 aromatic heterocycles. The number of rotatable bonds is 10. The van der Waals surface area contributed by atoms with Crippen LogP contribution in [0, 0.1) is 25.7 Å². The monoisotopic (exact) mass is 676 g/mol. The number of aryl methyl sites for hydroxylation is 2. The predicted octanol–water partition coefficient (Wildman–Crippen LogP) is 6.08. The van der Waals surface area contributed by atoms with Gasteiger partial charge in [-0.1, -0.05) is 24.6 Å². The fraction of sp³-hybridized carbons (Fsp3) is 0.684. The molecule has 1 saturated carbocycles. The Morgan fingerprint density at radius 2 is 1.65 bits per heavy atom. The van der Waals surface area contributed by atoms with Crippen molar-refractivity contribution in [3.8, 4) is 0 Å². The summed E-state index contributed by atoms with van der Waals surface area (Å²) in [5, 5.41) is 0.685. The molecular formula is C38H53ClN6O3. The number of benzene rings is 1. The molecule has 0 N–H and O–H groups in total. The zero-order chi connectivity index (χ0) is 33.5. The number of carbonyl (C=O) groups excluding carboxylic acids is 3. The van der Waals surface area contributed by atoms with E-state index in [1.165, 1.54) is 18.5 Å². The summed E-state index contributed by atoms with van der Waals surface area (Å²) in [5.41, 5.74) is 4.35. The summed E-state index contributed by atoms with van der Waals surface area (Å²) in [5.74, 6) is 1.98. The largest absolute Gasteiger partial charge is 0.343 e. The SMILES string of the molecule is CCCC(=O)N1CCC(C(=O)N(CCCN2[C@@H]3CC[C@H]2CC(n2c(C)nc4c2CCN(C(=O)C2CC2)C4)C3)c2ccc(C)c(Cl)c2)CC1. The third-order valence-corrected chi connectivity index (χ3v) is 12.3. The first-order chi connectivity index (χ1) is 23.2. The number of hydrogen-bond donors (Lipinski definition) is 0. The lowest BCUT2D eigenvalue weighted by Gasteiger charge is -2.41. The molecule has 0 spiro atoms. The maximum absolute atomic E-state index is 14.1. The Balaban J connectivity index is 0.984. The van der Waals surface area contributed by atoms with Gasteiger partial charge in [0.2, 0.25) is 17.7 Å². The van der Waals surface area contributed by atoms with Gasteiger partial charge in [-0.25, -0.2) is 4.98 Å². The summed E-state index contributed by atoms with van der Waals surface area (Å²) < 4.78 is 2.54. The van der Waals surface area contributed by atoms with E-state index in [1.807, 2.05) is 46.7 Å². The molecule has 1 aliphatic carbocycles. The van der Waals surface area contributed by atoms with Crippen molar-refractivity contribution >= 4 is 35.0 Å². The minimum absolute atomic E-state index is 0.0778. The van der Waals surface area contributed by atoms with Crippen LogP contribution in [0.15, 0.2) is 18.2 Å². The molecule has 5 aliphatic rings.